The lowest BCUT2D eigenvalue weighted by Crippen LogP contribution is -2.13. The molecule has 0 amide bonds. The van der Waals surface area contributed by atoms with Crippen molar-refractivity contribution >= 4 is 5.69 Å². The van der Waals surface area contributed by atoms with Gasteiger partial charge in [-0.25, -0.2) is 0 Å². The van der Waals surface area contributed by atoms with Crippen LogP contribution < -0.4 is 10.5 Å². The van der Waals surface area contributed by atoms with Crippen LogP contribution in [0.3, 0.4) is 0 Å². The molecule has 2 aromatic rings. The number of rotatable bonds is 5. The van der Waals surface area contributed by atoms with Crippen LogP contribution in [0.15, 0.2) is 48.5 Å². The van der Waals surface area contributed by atoms with E-state index in [9.17, 15) is 10.1 Å². The van der Waals surface area contributed by atoms with Gasteiger partial charge >= 0.3 is 0 Å². The third-order valence-electron chi connectivity index (χ3n) is 3.15. The van der Waals surface area contributed by atoms with E-state index in [1.54, 1.807) is 19.2 Å². The highest BCUT2D eigenvalue weighted by Gasteiger charge is 2.09. The first-order chi connectivity index (χ1) is 9.60. The highest BCUT2D eigenvalue weighted by atomic mass is 16.6. The molecule has 0 fully saturated rings. The lowest BCUT2D eigenvalue weighted by Gasteiger charge is -2.12. The fraction of sp³-hybridized carbons (Fsp3) is 0.200. The van der Waals surface area contributed by atoms with Crippen LogP contribution in [-0.2, 0) is 6.42 Å². The van der Waals surface area contributed by atoms with Crippen LogP contribution in [0.5, 0.6) is 5.75 Å². The van der Waals surface area contributed by atoms with Gasteiger partial charge in [0, 0.05) is 18.2 Å². The van der Waals surface area contributed by atoms with E-state index in [-0.39, 0.29) is 11.7 Å². The number of methoxy groups -OCH3 is 1. The molecule has 0 aliphatic carbocycles. The maximum absolute atomic E-state index is 10.6. The van der Waals surface area contributed by atoms with E-state index in [1.165, 1.54) is 12.1 Å². The molecule has 0 aromatic heterocycles. The Morgan fingerprint density at radius 3 is 2.25 bits per heavy atom. The van der Waals surface area contributed by atoms with Crippen molar-refractivity contribution in [3.8, 4) is 5.75 Å². The largest absolute Gasteiger partial charge is 0.497 e. The van der Waals surface area contributed by atoms with Crippen molar-refractivity contribution in [1.29, 1.82) is 0 Å². The van der Waals surface area contributed by atoms with E-state index in [1.807, 2.05) is 24.3 Å². The number of nitro groups is 1. The molecule has 5 nitrogen and oxygen atoms in total. The fourth-order valence-electron chi connectivity index (χ4n) is 1.98. The quantitative estimate of drug-likeness (QED) is 0.670. The molecule has 0 saturated heterocycles. The summed E-state index contributed by atoms with van der Waals surface area (Å²) in [6.45, 7) is 0. The number of nitro benzene ring substituents is 1. The van der Waals surface area contributed by atoms with Crippen molar-refractivity contribution in [2.45, 2.75) is 12.5 Å². The van der Waals surface area contributed by atoms with E-state index >= 15 is 0 Å². The molecule has 0 spiro atoms. The molecule has 20 heavy (non-hydrogen) atoms. The average molecular weight is 272 g/mol. The maximum atomic E-state index is 10.6. The molecule has 1 atom stereocenters. The molecule has 0 aliphatic rings. The average Bonchev–Trinajstić information content (AvgIpc) is 2.48. The summed E-state index contributed by atoms with van der Waals surface area (Å²) in [4.78, 5) is 10.2. The second-order valence-corrected chi connectivity index (χ2v) is 4.51. The van der Waals surface area contributed by atoms with Gasteiger partial charge in [0.05, 0.1) is 12.0 Å². The molecule has 2 rings (SSSR count). The second-order valence-electron chi connectivity index (χ2n) is 4.51. The number of non-ortho nitro benzene ring substituents is 1. The summed E-state index contributed by atoms with van der Waals surface area (Å²) in [6.07, 6.45) is 0.629. The lowest BCUT2D eigenvalue weighted by molar-refractivity contribution is -0.384. The highest BCUT2D eigenvalue weighted by Crippen LogP contribution is 2.20. The minimum Gasteiger partial charge on any atom is -0.497 e. The van der Waals surface area contributed by atoms with E-state index in [4.69, 9.17) is 10.5 Å². The molecule has 1 unspecified atom stereocenters. The van der Waals surface area contributed by atoms with Crippen LogP contribution in [0.25, 0.3) is 0 Å². The molecule has 2 N–H and O–H groups in total. The molecule has 0 radical (unpaired) electrons. The number of nitrogens with two attached hydrogens (primary N) is 1. The Morgan fingerprint density at radius 2 is 1.75 bits per heavy atom. The van der Waals surface area contributed by atoms with Crippen LogP contribution in [0.4, 0.5) is 5.69 Å². The number of ether oxygens (including phenoxy) is 1. The molecule has 0 saturated carbocycles. The normalized spacial score (nSPS) is 11.9. The monoisotopic (exact) mass is 272 g/mol. The van der Waals surface area contributed by atoms with Gasteiger partial charge in [0.1, 0.15) is 5.75 Å². The third kappa shape index (κ3) is 3.33. The van der Waals surface area contributed by atoms with Crippen LogP contribution in [0, 0.1) is 10.1 Å². The Bertz CT molecular complexity index is 579. The van der Waals surface area contributed by atoms with Crippen molar-refractivity contribution in [2.24, 2.45) is 5.73 Å². The molecular formula is C15H16N2O3. The topological polar surface area (TPSA) is 78.4 Å². The number of benzene rings is 2. The van der Waals surface area contributed by atoms with Crippen LogP contribution in [0.2, 0.25) is 0 Å². The summed E-state index contributed by atoms with van der Waals surface area (Å²) >= 11 is 0. The first-order valence-electron chi connectivity index (χ1n) is 6.23. The van der Waals surface area contributed by atoms with E-state index < -0.39 is 4.92 Å². The standard InChI is InChI=1S/C15H16N2O3/c1-20-14-8-4-12(5-9-14)15(16)10-11-2-6-13(7-3-11)17(18)19/h2-9,15H,10,16H2,1H3. The van der Waals surface area contributed by atoms with E-state index in [0.717, 1.165) is 16.9 Å². The van der Waals surface area contributed by atoms with E-state index in [2.05, 4.69) is 0 Å². The minimum atomic E-state index is -0.410. The molecule has 0 bridgehead atoms. The summed E-state index contributed by atoms with van der Waals surface area (Å²) < 4.78 is 5.10. The van der Waals surface area contributed by atoms with Crippen LogP contribution in [0.1, 0.15) is 17.2 Å². The Kier molecular flexibility index (Phi) is 4.32. The Morgan fingerprint density at radius 1 is 1.15 bits per heavy atom. The first-order valence-corrected chi connectivity index (χ1v) is 6.23. The van der Waals surface area contributed by atoms with Gasteiger partial charge in [0.25, 0.3) is 5.69 Å². The van der Waals surface area contributed by atoms with Gasteiger partial charge in [-0.3, -0.25) is 10.1 Å². The van der Waals surface area contributed by atoms with Crippen molar-refractivity contribution in [2.75, 3.05) is 7.11 Å². The maximum Gasteiger partial charge on any atom is 0.269 e. The molecule has 5 heteroatoms. The molecule has 0 heterocycles. The lowest BCUT2D eigenvalue weighted by atomic mass is 9.99. The Labute approximate surface area is 117 Å². The van der Waals surface area contributed by atoms with Crippen molar-refractivity contribution in [3.05, 3.63) is 69.8 Å². The first kappa shape index (κ1) is 14.0. The van der Waals surface area contributed by atoms with Gasteiger partial charge in [-0.15, -0.1) is 0 Å². The van der Waals surface area contributed by atoms with Gasteiger partial charge in [-0.05, 0) is 29.7 Å². The summed E-state index contributed by atoms with van der Waals surface area (Å²) in [7, 11) is 1.62. The van der Waals surface area contributed by atoms with Crippen molar-refractivity contribution in [3.63, 3.8) is 0 Å². The zero-order chi connectivity index (χ0) is 14.5. The SMILES string of the molecule is COc1ccc(C(N)Cc2ccc([N+](=O)[O-])cc2)cc1. The number of hydrogen-bond donors (Lipinski definition) is 1. The smallest absolute Gasteiger partial charge is 0.269 e. The molecule has 104 valence electrons. The third-order valence-corrected chi connectivity index (χ3v) is 3.15. The summed E-state index contributed by atoms with van der Waals surface area (Å²) in [6, 6.07) is 13.9. The zero-order valence-electron chi connectivity index (χ0n) is 11.2. The van der Waals surface area contributed by atoms with Gasteiger partial charge in [-0.2, -0.15) is 0 Å². The Hall–Kier alpha value is -2.40. The highest BCUT2D eigenvalue weighted by molar-refractivity contribution is 5.34. The minimum absolute atomic E-state index is 0.0896. The Balaban J connectivity index is 2.06. The van der Waals surface area contributed by atoms with E-state index in [0.29, 0.717) is 6.42 Å². The molecule has 2 aromatic carbocycles. The molecular weight excluding hydrogens is 256 g/mol. The number of hydrogen-bond acceptors (Lipinski definition) is 4. The predicted molar refractivity (Wildman–Crippen MR) is 76.7 cm³/mol. The fourth-order valence-corrected chi connectivity index (χ4v) is 1.98. The van der Waals surface area contributed by atoms with Gasteiger partial charge in [0.15, 0.2) is 0 Å². The number of nitrogens with zero attached hydrogens (tertiary/aromatic N) is 1. The summed E-state index contributed by atoms with van der Waals surface area (Å²) in [5.41, 5.74) is 8.21. The zero-order valence-corrected chi connectivity index (χ0v) is 11.2. The van der Waals surface area contributed by atoms with Crippen molar-refractivity contribution in [1.82, 2.24) is 0 Å². The summed E-state index contributed by atoms with van der Waals surface area (Å²) in [5, 5.41) is 10.6. The van der Waals surface area contributed by atoms with Crippen LogP contribution in [-0.4, -0.2) is 12.0 Å². The van der Waals surface area contributed by atoms with Gasteiger partial charge < -0.3 is 10.5 Å². The predicted octanol–water partition coefficient (Wildman–Crippen LogP) is 2.85. The van der Waals surface area contributed by atoms with Gasteiger partial charge in [0.2, 0.25) is 0 Å². The second kappa shape index (κ2) is 6.16. The van der Waals surface area contributed by atoms with Gasteiger partial charge in [-0.1, -0.05) is 24.3 Å². The van der Waals surface area contributed by atoms with Crippen LogP contribution >= 0.6 is 0 Å². The molecule has 0 aliphatic heterocycles. The van der Waals surface area contributed by atoms with Crippen molar-refractivity contribution < 1.29 is 9.66 Å². The summed E-state index contributed by atoms with van der Waals surface area (Å²) in [5.74, 6) is 0.788.